The second kappa shape index (κ2) is 5.44. The van der Waals surface area contributed by atoms with Crippen LogP contribution >= 0.6 is 11.3 Å². The maximum Gasteiger partial charge on any atom is 0.244 e. The average molecular weight is 310 g/mol. The molecule has 1 aliphatic rings. The van der Waals surface area contributed by atoms with Crippen LogP contribution in [0.3, 0.4) is 0 Å². The molecule has 0 amide bonds. The molecule has 1 aromatic heterocycles. The highest BCUT2D eigenvalue weighted by atomic mass is 32.2. The highest BCUT2D eigenvalue weighted by molar-refractivity contribution is 7.89. The van der Waals surface area contributed by atoms with Crippen LogP contribution in [0.15, 0.2) is 29.2 Å². The monoisotopic (exact) mass is 310 g/mol. The Morgan fingerprint density at radius 3 is 2.65 bits per heavy atom. The molecule has 1 aliphatic heterocycles. The molecule has 0 saturated carbocycles. The summed E-state index contributed by atoms with van der Waals surface area (Å²) >= 11 is 1.57. The zero-order valence-corrected chi connectivity index (χ0v) is 13.1. The fourth-order valence-electron chi connectivity index (χ4n) is 2.69. The molecule has 0 bridgehead atoms. The molecule has 108 valence electrons. The molecule has 2 aromatic rings. The van der Waals surface area contributed by atoms with E-state index in [1.807, 2.05) is 31.3 Å². The van der Waals surface area contributed by atoms with Gasteiger partial charge in [0.25, 0.3) is 0 Å². The smallest absolute Gasteiger partial charge is 0.244 e. The summed E-state index contributed by atoms with van der Waals surface area (Å²) in [7, 11) is -1.53. The molecule has 1 N–H and O–H groups in total. The van der Waals surface area contributed by atoms with Gasteiger partial charge >= 0.3 is 0 Å². The van der Waals surface area contributed by atoms with Crippen molar-refractivity contribution in [2.75, 3.05) is 20.1 Å². The van der Waals surface area contributed by atoms with Gasteiger partial charge in [-0.25, -0.2) is 8.42 Å². The van der Waals surface area contributed by atoms with Crippen molar-refractivity contribution in [3.8, 4) is 0 Å². The van der Waals surface area contributed by atoms with Crippen molar-refractivity contribution in [3.05, 3.63) is 29.1 Å². The fourth-order valence-corrected chi connectivity index (χ4v) is 6.12. The van der Waals surface area contributed by atoms with Crippen molar-refractivity contribution in [2.24, 2.45) is 0 Å². The lowest BCUT2D eigenvalue weighted by atomic mass is 10.2. The van der Waals surface area contributed by atoms with Crippen LogP contribution in [-0.4, -0.2) is 32.9 Å². The van der Waals surface area contributed by atoms with Gasteiger partial charge in [-0.1, -0.05) is 18.2 Å². The van der Waals surface area contributed by atoms with Gasteiger partial charge in [-0.2, -0.15) is 4.31 Å². The molecule has 3 rings (SSSR count). The predicted octanol–water partition coefficient (Wildman–Crippen LogP) is 2.41. The first-order valence-electron chi connectivity index (χ1n) is 6.80. The molecule has 0 radical (unpaired) electrons. The minimum atomic E-state index is -3.37. The maximum atomic E-state index is 12.9. The van der Waals surface area contributed by atoms with Crippen molar-refractivity contribution in [3.63, 3.8) is 0 Å². The highest BCUT2D eigenvalue weighted by Crippen LogP contribution is 2.37. The highest BCUT2D eigenvalue weighted by Gasteiger charge is 2.32. The Hall–Kier alpha value is -0.950. The van der Waals surface area contributed by atoms with E-state index in [4.69, 9.17) is 0 Å². The van der Waals surface area contributed by atoms with Crippen molar-refractivity contribution in [2.45, 2.75) is 24.3 Å². The molecule has 0 aliphatic carbocycles. The number of benzene rings is 1. The molecule has 0 unspecified atom stereocenters. The first-order chi connectivity index (χ1) is 9.64. The SMILES string of the molecule is CNCc1sc2ccccc2c1S(=O)(=O)N1CCCC1. The zero-order chi connectivity index (χ0) is 14.2. The third-order valence-electron chi connectivity index (χ3n) is 3.62. The van der Waals surface area contributed by atoms with Gasteiger partial charge in [-0.05, 0) is 26.0 Å². The number of rotatable bonds is 4. The lowest BCUT2D eigenvalue weighted by molar-refractivity contribution is 0.477. The van der Waals surface area contributed by atoms with E-state index in [9.17, 15) is 8.42 Å². The number of sulfonamides is 1. The Labute approximate surface area is 123 Å². The van der Waals surface area contributed by atoms with Crippen LogP contribution in [0.4, 0.5) is 0 Å². The quantitative estimate of drug-likeness (QED) is 0.943. The summed E-state index contributed by atoms with van der Waals surface area (Å²) in [5.74, 6) is 0. The summed E-state index contributed by atoms with van der Waals surface area (Å²) in [6.07, 6.45) is 1.92. The van der Waals surface area contributed by atoms with Crippen molar-refractivity contribution >= 4 is 31.4 Å². The number of fused-ring (bicyclic) bond motifs is 1. The Kier molecular flexibility index (Phi) is 3.81. The van der Waals surface area contributed by atoms with E-state index < -0.39 is 10.0 Å². The van der Waals surface area contributed by atoms with Crippen LogP contribution in [0.1, 0.15) is 17.7 Å². The summed E-state index contributed by atoms with van der Waals surface area (Å²) in [4.78, 5) is 1.41. The summed E-state index contributed by atoms with van der Waals surface area (Å²) < 4.78 is 28.5. The lowest BCUT2D eigenvalue weighted by Crippen LogP contribution is -2.28. The second-order valence-electron chi connectivity index (χ2n) is 4.99. The minimum absolute atomic E-state index is 0.509. The fraction of sp³-hybridized carbons (Fsp3) is 0.429. The first-order valence-corrected chi connectivity index (χ1v) is 9.05. The molecular weight excluding hydrogens is 292 g/mol. The Morgan fingerprint density at radius 2 is 1.95 bits per heavy atom. The standard InChI is InChI=1S/C14H18N2O2S2/c1-15-10-13-14(11-6-2-3-7-12(11)19-13)20(17,18)16-8-4-5-9-16/h2-3,6-7,15H,4-5,8-10H2,1H3. The van der Waals surface area contributed by atoms with E-state index in [1.165, 1.54) is 0 Å². The van der Waals surface area contributed by atoms with Gasteiger partial charge in [0.05, 0.1) is 0 Å². The summed E-state index contributed by atoms with van der Waals surface area (Å²) in [6.45, 7) is 1.87. The largest absolute Gasteiger partial charge is 0.315 e. The summed E-state index contributed by atoms with van der Waals surface area (Å²) in [6, 6.07) is 7.76. The van der Waals surface area contributed by atoms with Crippen LogP contribution in [0.5, 0.6) is 0 Å². The third-order valence-corrected chi connectivity index (χ3v) is 6.95. The van der Waals surface area contributed by atoms with Gasteiger partial charge < -0.3 is 5.32 Å². The van der Waals surface area contributed by atoms with Gasteiger partial charge in [0.15, 0.2) is 0 Å². The maximum absolute atomic E-state index is 12.9. The van der Waals surface area contributed by atoms with Crippen molar-refractivity contribution in [1.82, 2.24) is 9.62 Å². The third kappa shape index (κ3) is 2.26. The lowest BCUT2D eigenvalue weighted by Gasteiger charge is -2.16. The van der Waals surface area contributed by atoms with Gasteiger partial charge in [0, 0.05) is 34.6 Å². The second-order valence-corrected chi connectivity index (χ2v) is 8.00. The molecule has 1 saturated heterocycles. The van der Waals surface area contributed by atoms with Gasteiger partial charge in [0.1, 0.15) is 4.90 Å². The molecule has 0 spiro atoms. The molecule has 0 atom stereocenters. The first kappa shape index (κ1) is 14.0. The van der Waals surface area contributed by atoms with Gasteiger partial charge in [0.2, 0.25) is 10.0 Å². The van der Waals surface area contributed by atoms with E-state index >= 15 is 0 Å². The average Bonchev–Trinajstić information content (AvgIpc) is 3.06. The van der Waals surface area contributed by atoms with E-state index in [2.05, 4.69) is 5.32 Å². The molecular formula is C14H18N2O2S2. The molecule has 20 heavy (non-hydrogen) atoms. The van der Waals surface area contributed by atoms with E-state index in [0.717, 1.165) is 27.8 Å². The minimum Gasteiger partial charge on any atom is -0.315 e. The van der Waals surface area contributed by atoms with Crippen LogP contribution in [-0.2, 0) is 16.6 Å². The number of hydrogen-bond acceptors (Lipinski definition) is 4. The molecule has 2 heterocycles. The van der Waals surface area contributed by atoms with E-state index in [0.29, 0.717) is 24.5 Å². The number of nitrogens with one attached hydrogen (secondary N) is 1. The summed E-state index contributed by atoms with van der Waals surface area (Å²) in [5.41, 5.74) is 0. The van der Waals surface area contributed by atoms with Crippen LogP contribution in [0.2, 0.25) is 0 Å². The topological polar surface area (TPSA) is 49.4 Å². The Morgan fingerprint density at radius 1 is 1.25 bits per heavy atom. The number of hydrogen-bond donors (Lipinski definition) is 1. The van der Waals surface area contributed by atoms with E-state index in [1.54, 1.807) is 15.6 Å². The molecule has 1 fully saturated rings. The van der Waals surface area contributed by atoms with Crippen molar-refractivity contribution < 1.29 is 8.42 Å². The van der Waals surface area contributed by atoms with Gasteiger partial charge in [-0.3, -0.25) is 0 Å². The number of nitrogens with zero attached hydrogens (tertiary/aromatic N) is 1. The van der Waals surface area contributed by atoms with Crippen molar-refractivity contribution in [1.29, 1.82) is 0 Å². The molecule has 6 heteroatoms. The van der Waals surface area contributed by atoms with Gasteiger partial charge in [-0.15, -0.1) is 11.3 Å². The zero-order valence-electron chi connectivity index (χ0n) is 11.4. The number of thiophene rings is 1. The molecule has 4 nitrogen and oxygen atoms in total. The van der Waals surface area contributed by atoms with Crippen LogP contribution in [0.25, 0.3) is 10.1 Å². The van der Waals surface area contributed by atoms with Crippen LogP contribution < -0.4 is 5.32 Å². The van der Waals surface area contributed by atoms with E-state index in [-0.39, 0.29) is 0 Å². The summed E-state index contributed by atoms with van der Waals surface area (Å²) in [5, 5.41) is 3.93. The Balaban J connectivity index is 2.20. The Bertz CT molecular complexity index is 716. The van der Waals surface area contributed by atoms with Crippen LogP contribution in [0, 0.1) is 0 Å². The normalized spacial score (nSPS) is 17.1. The predicted molar refractivity (Wildman–Crippen MR) is 82.6 cm³/mol. The molecule has 1 aromatic carbocycles.